The summed E-state index contributed by atoms with van der Waals surface area (Å²) in [5.74, 6) is -0.171. The molecule has 2 aliphatic rings. The van der Waals surface area contributed by atoms with E-state index in [1.807, 2.05) is 56.0 Å². The third kappa shape index (κ3) is 6.02. The maximum absolute atomic E-state index is 13.5. The van der Waals surface area contributed by atoms with Gasteiger partial charge in [0.2, 0.25) is 15.9 Å². The van der Waals surface area contributed by atoms with Crippen molar-refractivity contribution >= 4 is 22.0 Å². The standard InChI is InChI=1S/C28H37N3O3S/c1-22-19-23(2)27(24(3)20-22)35(33,34)31-14-8-12-26(21-31)28(32)30-17-15-29(16-18-30)13-7-11-25-9-5-4-6-10-25/h4-7,9-11,19-20,26H,8,12-18,21H2,1-3H3/b11-7+/t26-/m1/s1. The van der Waals surface area contributed by atoms with Gasteiger partial charge in [-0.3, -0.25) is 9.69 Å². The molecular weight excluding hydrogens is 458 g/mol. The van der Waals surface area contributed by atoms with Crippen molar-refractivity contribution in [1.29, 1.82) is 0 Å². The van der Waals surface area contributed by atoms with E-state index in [4.69, 9.17) is 0 Å². The molecule has 0 aliphatic carbocycles. The van der Waals surface area contributed by atoms with E-state index >= 15 is 0 Å². The molecule has 0 radical (unpaired) electrons. The number of aryl methyl sites for hydroxylation is 3. The van der Waals surface area contributed by atoms with Crippen LogP contribution in [0.1, 0.15) is 35.1 Å². The molecule has 2 aromatic rings. The SMILES string of the molecule is Cc1cc(C)c(S(=O)(=O)N2CCC[C@@H](C(=O)N3CCN(C/C=C/c4ccccc4)CC3)C2)c(C)c1. The van der Waals surface area contributed by atoms with Crippen LogP contribution in [0.5, 0.6) is 0 Å². The lowest BCUT2D eigenvalue weighted by Gasteiger charge is -2.38. The van der Waals surface area contributed by atoms with E-state index in [2.05, 4.69) is 29.2 Å². The maximum atomic E-state index is 13.5. The molecule has 0 spiro atoms. The van der Waals surface area contributed by atoms with Gasteiger partial charge < -0.3 is 4.90 Å². The quantitative estimate of drug-likeness (QED) is 0.611. The molecule has 35 heavy (non-hydrogen) atoms. The van der Waals surface area contributed by atoms with Gasteiger partial charge in [0.15, 0.2) is 0 Å². The number of amides is 1. The zero-order valence-electron chi connectivity index (χ0n) is 21.1. The van der Waals surface area contributed by atoms with Crippen LogP contribution < -0.4 is 0 Å². The molecule has 4 rings (SSSR count). The Kier molecular flexibility index (Phi) is 8.09. The Morgan fingerprint density at radius 1 is 0.971 bits per heavy atom. The Morgan fingerprint density at radius 2 is 1.63 bits per heavy atom. The molecule has 2 aromatic carbocycles. The summed E-state index contributed by atoms with van der Waals surface area (Å²) < 4.78 is 28.6. The van der Waals surface area contributed by atoms with Gasteiger partial charge in [-0.2, -0.15) is 4.31 Å². The monoisotopic (exact) mass is 495 g/mol. The summed E-state index contributed by atoms with van der Waals surface area (Å²) in [6.07, 6.45) is 5.76. The number of piperidine rings is 1. The van der Waals surface area contributed by atoms with Gasteiger partial charge in [0.05, 0.1) is 10.8 Å². The molecule has 2 aliphatic heterocycles. The van der Waals surface area contributed by atoms with Gasteiger partial charge >= 0.3 is 0 Å². The maximum Gasteiger partial charge on any atom is 0.243 e. The molecule has 0 unspecified atom stereocenters. The van der Waals surface area contributed by atoms with E-state index < -0.39 is 10.0 Å². The van der Waals surface area contributed by atoms with Gasteiger partial charge in [0.25, 0.3) is 0 Å². The number of sulfonamides is 1. The summed E-state index contributed by atoms with van der Waals surface area (Å²) in [6, 6.07) is 14.1. The van der Waals surface area contributed by atoms with E-state index in [1.165, 1.54) is 9.87 Å². The highest BCUT2D eigenvalue weighted by molar-refractivity contribution is 7.89. The van der Waals surface area contributed by atoms with Gasteiger partial charge in [-0.15, -0.1) is 0 Å². The third-order valence-corrected chi connectivity index (χ3v) is 9.26. The van der Waals surface area contributed by atoms with Crippen LogP contribution in [0, 0.1) is 26.7 Å². The van der Waals surface area contributed by atoms with Crippen molar-refractivity contribution in [3.8, 4) is 0 Å². The molecule has 2 heterocycles. The second-order valence-corrected chi connectivity index (χ2v) is 11.7. The van der Waals surface area contributed by atoms with Crippen molar-refractivity contribution < 1.29 is 13.2 Å². The predicted octanol–water partition coefficient (Wildman–Crippen LogP) is 3.87. The molecule has 6 nitrogen and oxygen atoms in total. The van der Waals surface area contributed by atoms with E-state index in [9.17, 15) is 13.2 Å². The van der Waals surface area contributed by atoms with E-state index in [-0.39, 0.29) is 18.4 Å². The van der Waals surface area contributed by atoms with Crippen LogP contribution in [-0.4, -0.2) is 74.2 Å². The summed E-state index contributed by atoms with van der Waals surface area (Å²) in [7, 11) is -3.63. The van der Waals surface area contributed by atoms with Crippen molar-refractivity contribution in [3.63, 3.8) is 0 Å². The van der Waals surface area contributed by atoms with Crippen LogP contribution in [0.4, 0.5) is 0 Å². The first kappa shape index (κ1) is 25.6. The number of hydrogen-bond donors (Lipinski definition) is 0. The number of rotatable bonds is 6. The number of nitrogens with zero attached hydrogens (tertiary/aromatic N) is 3. The van der Waals surface area contributed by atoms with Gasteiger partial charge in [0.1, 0.15) is 0 Å². The Bertz CT molecular complexity index is 1150. The number of hydrogen-bond acceptors (Lipinski definition) is 4. The second kappa shape index (κ2) is 11.1. The minimum absolute atomic E-state index is 0.0988. The number of benzene rings is 2. The summed E-state index contributed by atoms with van der Waals surface area (Å²) in [5, 5.41) is 0. The molecule has 7 heteroatoms. The molecule has 2 fully saturated rings. The fraction of sp³-hybridized carbons (Fsp3) is 0.464. The average Bonchev–Trinajstić information content (AvgIpc) is 2.84. The molecule has 0 N–H and O–H groups in total. The van der Waals surface area contributed by atoms with E-state index in [0.717, 1.165) is 42.7 Å². The van der Waals surface area contributed by atoms with Crippen molar-refractivity contribution in [2.45, 2.75) is 38.5 Å². The van der Waals surface area contributed by atoms with Crippen molar-refractivity contribution in [1.82, 2.24) is 14.1 Å². The average molecular weight is 496 g/mol. The van der Waals surface area contributed by atoms with Crippen LogP contribution in [0.2, 0.25) is 0 Å². The first-order valence-electron chi connectivity index (χ1n) is 12.6. The van der Waals surface area contributed by atoms with Crippen LogP contribution >= 0.6 is 0 Å². The number of piperazine rings is 1. The molecule has 0 saturated carbocycles. The molecule has 0 bridgehead atoms. The predicted molar refractivity (Wildman–Crippen MR) is 141 cm³/mol. The van der Waals surface area contributed by atoms with E-state index in [0.29, 0.717) is 31.0 Å². The highest BCUT2D eigenvalue weighted by atomic mass is 32.2. The normalized spacial score (nSPS) is 20.4. The molecule has 2 saturated heterocycles. The summed E-state index contributed by atoms with van der Waals surface area (Å²) in [4.78, 5) is 18.0. The largest absolute Gasteiger partial charge is 0.340 e. The summed E-state index contributed by atoms with van der Waals surface area (Å²) in [6.45, 7) is 10.3. The molecule has 1 amide bonds. The van der Waals surface area contributed by atoms with Crippen molar-refractivity contribution in [3.05, 3.63) is 70.8 Å². The second-order valence-electron chi connectivity index (χ2n) is 9.87. The Morgan fingerprint density at radius 3 is 2.29 bits per heavy atom. The lowest BCUT2D eigenvalue weighted by atomic mass is 9.98. The highest BCUT2D eigenvalue weighted by Gasteiger charge is 2.36. The van der Waals surface area contributed by atoms with E-state index in [1.54, 1.807) is 0 Å². The third-order valence-electron chi connectivity index (χ3n) is 7.09. The lowest BCUT2D eigenvalue weighted by Crippen LogP contribution is -2.53. The Hall–Kier alpha value is -2.48. The Balaban J connectivity index is 1.34. The smallest absolute Gasteiger partial charge is 0.243 e. The van der Waals surface area contributed by atoms with Crippen molar-refractivity contribution in [2.75, 3.05) is 45.8 Å². The summed E-state index contributed by atoms with van der Waals surface area (Å²) in [5.41, 5.74) is 3.79. The van der Waals surface area contributed by atoms with Crippen LogP contribution in [0.3, 0.4) is 0 Å². The minimum atomic E-state index is -3.63. The van der Waals surface area contributed by atoms with Gasteiger partial charge in [-0.25, -0.2) is 8.42 Å². The number of carbonyl (C=O) groups excluding carboxylic acids is 1. The van der Waals surface area contributed by atoms with Crippen LogP contribution in [-0.2, 0) is 14.8 Å². The fourth-order valence-corrected chi connectivity index (χ4v) is 7.31. The zero-order chi connectivity index (χ0) is 25.0. The minimum Gasteiger partial charge on any atom is -0.340 e. The fourth-order valence-electron chi connectivity index (χ4n) is 5.38. The molecular formula is C28H37N3O3S. The topological polar surface area (TPSA) is 60.9 Å². The van der Waals surface area contributed by atoms with Gasteiger partial charge in [-0.05, 0) is 50.3 Å². The first-order chi connectivity index (χ1) is 16.8. The highest BCUT2D eigenvalue weighted by Crippen LogP contribution is 2.29. The molecule has 1 atom stereocenters. The van der Waals surface area contributed by atoms with Gasteiger partial charge in [0, 0.05) is 45.8 Å². The van der Waals surface area contributed by atoms with Crippen LogP contribution in [0.15, 0.2) is 53.4 Å². The van der Waals surface area contributed by atoms with Crippen LogP contribution in [0.25, 0.3) is 6.08 Å². The Labute approximate surface area is 210 Å². The number of carbonyl (C=O) groups is 1. The lowest BCUT2D eigenvalue weighted by molar-refractivity contribution is -0.138. The molecule has 0 aromatic heterocycles. The first-order valence-corrected chi connectivity index (χ1v) is 14.0. The zero-order valence-corrected chi connectivity index (χ0v) is 21.9. The molecule has 188 valence electrons. The van der Waals surface area contributed by atoms with Crippen molar-refractivity contribution in [2.24, 2.45) is 5.92 Å². The van der Waals surface area contributed by atoms with Gasteiger partial charge in [-0.1, -0.05) is 60.2 Å². The summed E-state index contributed by atoms with van der Waals surface area (Å²) >= 11 is 0.